The van der Waals surface area contributed by atoms with Gasteiger partial charge in [0.2, 0.25) is 0 Å². The summed E-state index contributed by atoms with van der Waals surface area (Å²) in [5.41, 5.74) is 0.0980. The second kappa shape index (κ2) is 8.76. The first-order chi connectivity index (χ1) is 10.2. The van der Waals surface area contributed by atoms with E-state index in [1.54, 1.807) is 0 Å². The van der Waals surface area contributed by atoms with Gasteiger partial charge in [-0.2, -0.15) is 0 Å². The zero-order chi connectivity index (χ0) is 16.6. The van der Waals surface area contributed by atoms with Gasteiger partial charge in [0.05, 0.1) is 0 Å². The van der Waals surface area contributed by atoms with Crippen molar-refractivity contribution in [2.75, 3.05) is 19.6 Å². The summed E-state index contributed by atoms with van der Waals surface area (Å²) in [5.74, 6) is 0.772. The molecule has 1 saturated carbocycles. The van der Waals surface area contributed by atoms with Gasteiger partial charge in [0.25, 0.3) is 0 Å². The van der Waals surface area contributed by atoms with Crippen LogP contribution in [0.3, 0.4) is 0 Å². The van der Waals surface area contributed by atoms with E-state index in [2.05, 4.69) is 24.5 Å². The Balaban J connectivity index is 2.13. The molecule has 1 aliphatic rings. The maximum atomic E-state index is 11.5. The highest BCUT2D eigenvalue weighted by Gasteiger charge is 2.33. The molecule has 1 fully saturated rings. The number of alkyl carbamates (subject to hydrolysis) is 1. The lowest BCUT2D eigenvalue weighted by Gasteiger charge is -2.31. The minimum Gasteiger partial charge on any atom is -0.444 e. The molecular weight excluding hydrogens is 276 g/mol. The molecule has 1 rings (SSSR count). The van der Waals surface area contributed by atoms with Crippen molar-refractivity contribution in [3.63, 3.8) is 0 Å². The molecule has 0 saturated heterocycles. The van der Waals surface area contributed by atoms with Gasteiger partial charge in [-0.05, 0) is 64.3 Å². The lowest BCUT2D eigenvalue weighted by Crippen LogP contribution is -2.36. The smallest absolute Gasteiger partial charge is 0.407 e. The van der Waals surface area contributed by atoms with Crippen molar-refractivity contribution >= 4 is 6.09 Å². The van der Waals surface area contributed by atoms with Crippen molar-refractivity contribution in [1.29, 1.82) is 0 Å². The predicted octanol–water partition coefficient (Wildman–Crippen LogP) is 4.10. The number of nitrogens with one attached hydrogen (secondary N) is 2. The molecule has 0 atom stereocenters. The Morgan fingerprint density at radius 2 is 1.82 bits per heavy atom. The second-order valence-corrected chi connectivity index (χ2v) is 8.26. The fraction of sp³-hybridized carbons (Fsp3) is 0.944. The summed E-state index contributed by atoms with van der Waals surface area (Å²) < 4.78 is 5.21. The molecule has 0 aromatic heterocycles. The maximum absolute atomic E-state index is 11.5. The summed E-state index contributed by atoms with van der Waals surface area (Å²) in [7, 11) is 0. The van der Waals surface area contributed by atoms with Gasteiger partial charge in [0, 0.05) is 13.1 Å². The van der Waals surface area contributed by atoms with E-state index in [1.165, 1.54) is 32.1 Å². The van der Waals surface area contributed by atoms with E-state index in [0.29, 0.717) is 12.0 Å². The standard InChI is InChI=1S/C18H36N2O2/c1-15(2)13-18(9-6-7-10-18)14-19-11-8-12-20-16(21)22-17(3,4)5/h15,19H,6-14H2,1-5H3,(H,20,21). The molecule has 4 nitrogen and oxygen atoms in total. The van der Waals surface area contributed by atoms with Gasteiger partial charge in [0.1, 0.15) is 5.60 Å². The van der Waals surface area contributed by atoms with Gasteiger partial charge in [0.15, 0.2) is 0 Å². The van der Waals surface area contributed by atoms with Crippen LogP contribution in [0.15, 0.2) is 0 Å². The van der Waals surface area contributed by atoms with Crippen LogP contribution in [0.4, 0.5) is 4.79 Å². The average Bonchev–Trinajstić information content (AvgIpc) is 2.79. The average molecular weight is 312 g/mol. The third-order valence-corrected chi connectivity index (χ3v) is 4.20. The van der Waals surface area contributed by atoms with Crippen LogP contribution in [0.5, 0.6) is 0 Å². The molecular formula is C18H36N2O2. The zero-order valence-electron chi connectivity index (χ0n) is 15.3. The number of hydrogen-bond donors (Lipinski definition) is 2. The minimum atomic E-state index is -0.423. The fourth-order valence-corrected chi connectivity index (χ4v) is 3.52. The van der Waals surface area contributed by atoms with Crippen molar-refractivity contribution in [3.05, 3.63) is 0 Å². The van der Waals surface area contributed by atoms with E-state index in [-0.39, 0.29) is 6.09 Å². The Morgan fingerprint density at radius 3 is 2.36 bits per heavy atom. The lowest BCUT2D eigenvalue weighted by atomic mass is 9.78. The summed E-state index contributed by atoms with van der Waals surface area (Å²) in [6.45, 7) is 13.0. The summed E-state index contributed by atoms with van der Waals surface area (Å²) in [6.07, 6.45) is 7.46. The van der Waals surface area contributed by atoms with Crippen LogP contribution in [0.25, 0.3) is 0 Å². The van der Waals surface area contributed by atoms with Gasteiger partial charge in [-0.25, -0.2) is 4.79 Å². The second-order valence-electron chi connectivity index (χ2n) is 8.26. The molecule has 0 spiro atoms. The highest BCUT2D eigenvalue weighted by Crippen LogP contribution is 2.42. The van der Waals surface area contributed by atoms with E-state index in [0.717, 1.165) is 25.4 Å². The van der Waals surface area contributed by atoms with E-state index in [9.17, 15) is 4.79 Å². The van der Waals surface area contributed by atoms with Crippen molar-refractivity contribution in [2.45, 2.75) is 78.7 Å². The van der Waals surface area contributed by atoms with E-state index >= 15 is 0 Å². The molecule has 0 aromatic rings. The van der Waals surface area contributed by atoms with Crippen LogP contribution in [-0.4, -0.2) is 31.3 Å². The van der Waals surface area contributed by atoms with Gasteiger partial charge in [-0.1, -0.05) is 26.7 Å². The molecule has 0 radical (unpaired) electrons. The van der Waals surface area contributed by atoms with Crippen LogP contribution in [-0.2, 0) is 4.74 Å². The molecule has 0 unspecified atom stereocenters. The SMILES string of the molecule is CC(C)CC1(CNCCCNC(=O)OC(C)(C)C)CCCC1. The fourth-order valence-electron chi connectivity index (χ4n) is 3.52. The Bertz CT molecular complexity index is 328. The van der Waals surface area contributed by atoms with E-state index < -0.39 is 5.60 Å². The lowest BCUT2D eigenvalue weighted by molar-refractivity contribution is 0.0527. The van der Waals surface area contributed by atoms with Gasteiger partial charge in [-0.3, -0.25) is 0 Å². The first-order valence-corrected chi connectivity index (χ1v) is 8.90. The van der Waals surface area contributed by atoms with Crippen molar-refractivity contribution in [1.82, 2.24) is 10.6 Å². The third-order valence-electron chi connectivity index (χ3n) is 4.20. The van der Waals surface area contributed by atoms with Crippen LogP contribution in [0.2, 0.25) is 0 Å². The summed E-state index contributed by atoms with van der Waals surface area (Å²) in [5, 5.41) is 6.41. The number of amides is 1. The quantitative estimate of drug-likeness (QED) is 0.664. The molecule has 1 amide bonds. The predicted molar refractivity (Wildman–Crippen MR) is 92.1 cm³/mol. The first-order valence-electron chi connectivity index (χ1n) is 8.90. The van der Waals surface area contributed by atoms with Crippen LogP contribution >= 0.6 is 0 Å². The molecule has 2 N–H and O–H groups in total. The first kappa shape index (κ1) is 19.3. The number of hydrogen-bond acceptors (Lipinski definition) is 3. The van der Waals surface area contributed by atoms with E-state index in [1.807, 2.05) is 20.8 Å². The highest BCUT2D eigenvalue weighted by atomic mass is 16.6. The number of ether oxygens (including phenoxy) is 1. The van der Waals surface area contributed by atoms with Gasteiger partial charge in [-0.15, -0.1) is 0 Å². The Labute approximate surface area is 136 Å². The topological polar surface area (TPSA) is 50.4 Å². The summed E-state index contributed by atoms with van der Waals surface area (Å²) in [4.78, 5) is 11.5. The summed E-state index contributed by atoms with van der Waals surface area (Å²) >= 11 is 0. The third kappa shape index (κ3) is 8.02. The molecule has 0 aromatic carbocycles. The maximum Gasteiger partial charge on any atom is 0.407 e. The molecule has 0 aliphatic heterocycles. The number of carbonyl (C=O) groups is 1. The molecule has 0 bridgehead atoms. The molecule has 1 aliphatic carbocycles. The zero-order valence-corrected chi connectivity index (χ0v) is 15.3. The van der Waals surface area contributed by atoms with Crippen molar-refractivity contribution in [2.24, 2.45) is 11.3 Å². The normalized spacial score (nSPS) is 17.7. The monoisotopic (exact) mass is 312 g/mol. The van der Waals surface area contributed by atoms with Crippen molar-refractivity contribution in [3.8, 4) is 0 Å². The number of carbonyl (C=O) groups excluding carboxylic acids is 1. The molecule has 22 heavy (non-hydrogen) atoms. The van der Waals surface area contributed by atoms with Crippen LogP contribution in [0.1, 0.15) is 73.1 Å². The van der Waals surface area contributed by atoms with Gasteiger partial charge < -0.3 is 15.4 Å². The van der Waals surface area contributed by atoms with Crippen molar-refractivity contribution < 1.29 is 9.53 Å². The molecule has 0 heterocycles. The molecule has 130 valence electrons. The molecule has 4 heteroatoms. The number of rotatable bonds is 8. The largest absolute Gasteiger partial charge is 0.444 e. The Hall–Kier alpha value is -0.770. The summed E-state index contributed by atoms with van der Waals surface area (Å²) in [6, 6.07) is 0. The van der Waals surface area contributed by atoms with Crippen LogP contribution in [0, 0.1) is 11.3 Å². The highest BCUT2D eigenvalue weighted by molar-refractivity contribution is 5.67. The van der Waals surface area contributed by atoms with Crippen LogP contribution < -0.4 is 10.6 Å². The Morgan fingerprint density at radius 1 is 1.18 bits per heavy atom. The van der Waals surface area contributed by atoms with Gasteiger partial charge >= 0.3 is 6.09 Å². The Kier molecular flexibility index (Phi) is 7.67. The van der Waals surface area contributed by atoms with E-state index in [4.69, 9.17) is 4.74 Å². The minimum absolute atomic E-state index is 0.320.